The van der Waals surface area contributed by atoms with E-state index in [-0.39, 0.29) is 5.91 Å². The van der Waals surface area contributed by atoms with E-state index in [0.29, 0.717) is 25.3 Å². The zero-order valence-electron chi connectivity index (χ0n) is 12.2. The van der Waals surface area contributed by atoms with Crippen LogP contribution < -0.4 is 5.32 Å². The molecule has 2 heterocycles. The summed E-state index contributed by atoms with van der Waals surface area (Å²) in [6.07, 6.45) is 3.46. The Kier molecular flexibility index (Phi) is 4.81. The summed E-state index contributed by atoms with van der Waals surface area (Å²) in [6, 6.07) is 0. The molecular formula is C14H27N3O2. The summed E-state index contributed by atoms with van der Waals surface area (Å²) in [5.41, 5.74) is -1.15. The summed E-state index contributed by atoms with van der Waals surface area (Å²) in [4.78, 5) is 16.6. The number of nitrogens with zero attached hydrogens (tertiary/aromatic N) is 2. The molecule has 0 bridgehead atoms. The normalized spacial score (nSPS) is 29.1. The van der Waals surface area contributed by atoms with E-state index in [1.807, 2.05) is 7.05 Å². The predicted octanol–water partition coefficient (Wildman–Crippen LogP) is -0.0989. The Morgan fingerprint density at radius 2 is 1.95 bits per heavy atom. The number of carbonyl (C=O) groups is 1. The minimum absolute atomic E-state index is 0.172. The van der Waals surface area contributed by atoms with Gasteiger partial charge in [0.2, 0.25) is 0 Å². The fourth-order valence-corrected chi connectivity index (χ4v) is 3.06. The Hall–Kier alpha value is -0.650. The van der Waals surface area contributed by atoms with E-state index >= 15 is 0 Å². The van der Waals surface area contributed by atoms with Gasteiger partial charge in [-0.3, -0.25) is 4.79 Å². The first-order valence-electron chi connectivity index (χ1n) is 7.37. The van der Waals surface area contributed by atoms with Gasteiger partial charge in [-0.05, 0) is 52.2 Å². The number of likely N-dealkylation sites (tertiary alicyclic amines) is 2. The lowest BCUT2D eigenvalue weighted by Gasteiger charge is -2.36. The van der Waals surface area contributed by atoms with Gasteiger partial charge in [-0.2, -0.15) is 0 Å². The van der Waals surface area contributed by atoms with Gasteiger partial charge in [0.1, 0.15) is 5.60 Å². The van der Waals surface area contributed by atoms with Crippen LogP contribution in [-0.4, -0.2) is 73.2 Å². The van der Waals surface area contributed by atoms with Gasteiger partial charge in [0.15, 0.2) is 0 Å². The van der Waals surface area contributed by atoms with E-state index < -0.39 is 5.60 Å². The fraction of sp³-hybridized carbons (Fsp3) is 0.929. The summed E-state index contributed by atoms with van der Waals surface area (Å²) >= 11 is 0. The molecule has 2 saturated heterocycles. The van der Waals surface area contributed by atoms with Gasteiger partial charge >= 0.3 is 0 Å². The van der Waals surface area contributed by atoms with Gasteiger partial charge in [0.05, 0.1) is 0 Å². The predicted molar refractivity (Wildman–Crippen MR) is 74.9 cm³/mol. The Labute approximate surface area is 115 Å². The second-order valence-electron chi connectivity index (χ2n) is 6.32. The van der Waals surface area contributed by atoms with Crippen molar-refractivity contribution in [1.82, 2.24) is 15.1 Å². The minimum atomic E-state index is -1.15. The Bertz CT molecular complexity index is 314. The number of rotatable bonds is 3. The van der Waals surface area contributed by atoms with Gasteiger partial charge in [-0.15, -0.1) is 0 Å². The van der Waals surface area contributed by atoms with Crippen LogP contribution in [0.25, 0.3) is 0 Å². The van der Waals surface area contributed by atoms with Crippen LogP contribution in [0.4, 0.5) is 0 Å². The topological polar surface area (TPSA) is 55.8 Å². The van der Waals surface area contributed by atoms with Crippen molar-refractivity contribution in [3.63, 3.8) is 0 Å². The first-order valence-corrected chi connectivity index (χ1v) is 7.37. The lowest BCUT2D eigenvalue weighted by molar-refractivity contribution is -0.144. The number of nitrogens with one attached hydrogen (secondary N) is 1. The van der Waals surface area contributed by atoms with E-state index in [1.54, 1.807) is 0 Å². The largest absolute Gasteiger partial charge is 0.380 e. The first-order chi connectivity index (χ1) is 8.99. The van der Waals surface area contributed by atoms with Crippen LogP contribution in [-0.2, 0) is 4.79 Å². The van der Waals surface area contributed by atoms with Crippen LogP contribution in [0.1, 0.15) is 25.7 Å². The molecule has 0 unspecified atom stereocenters. The molecule has 5 heteroatoms. The molecule has 0 radical (unpaired) electrons. The van der Waals surface area contributed by atoms with Gasteiger partial charge in [-0.1, -0.05) is 0 Å². The molecule has 2 aliphatic rings. The second-order valence-corrected chi connectivity index (χ2v) is 6.32. The quantitative estimate of drug-likeness (QED) is 0.751. The molecule has 1 atom stereocenters. The van der Waals surface area contributed by atoms with Crippen LogP contribution >= 0.6 is 0 Å². The van der Waals surface area contributed by atoms with Crippen molar-refractivity contribution in [2.75, 3.05) is 46.8 Å². The lowest BCUT2D eigenvalue weighted by Crippen LogP contribution is -2.54. The molecule has 0 aromatic heterocycles. The molecule has 2 fully saturated rings. The average Bonchev–Trinajstić information content (AvgIpc) is 2.40. The highest BCUT2D eigenvalue weighted by atomic mass is 16.3. The first kappa shape index (κ1) is 14.8. The van der Waals surface area contributed by atoms with Crippen molar-refractivity contribution in [2.24, 2.45) is 5.92 Å². The third-order valence-electron chi connectivity index (χ3n) is 4.51. The number of aliphatic hydroxyl groups is 1. The summed E-state index contributed by atoms with van der Waals surface area (Å²) in [5.74, 6) is 0.353. The molecule has 5 nitrogen and oxygen atoms in total. The van der Waals surface area contributed by atoms with Crippen LogP contribution in [0.3, 0.4) is 0 Å². The molecule has 0 saturated carbocycles. The van der Waals surface area contributed by atoms with Crippen LogP contribution in [0.2, 0.25) is 0 Å². The summed E-state index contributed by atoms with van der Waals surface area (Å²) < 4.78 is 0. The lowest BCUT2D eigenvalue weighted by atomic mass is 9.90. The maximum atomic E-state index is 12.2. The highest BCUT2D eigenvalue weighted by molar-refractivity contribution is 5.85. The van der Waals surface area contributed by atoms with Gasteiger partial charge in [0, 0.05) is 26.2 Å². The van der Waals surface area contributed by atoms with Gasteiger partial charge < -0.3 is 20.2 Å². The van der Waals surface area contributed by atoms with E-state index in [4.69, 9.17) is 0 Å². The Morgan fingerprint density at radius 1 is 1.26 bits per heavy atom. The molecule has 0 spiro atoms. The number of amides is 1. The number of carbonyl (C=O) groups excluding carboxylic acids is 1. The van der Waals surface area contributed by atoms with E-state index in [9.17, 15) is 9.90 Å². The summed E-state index contributed by atoms with van der Waals surface area (Å²) in [5, 5.41) is 13.4. The Balaban J connectivity index is 1.77. The molecule has 110 valence electrons. The van der Waals surface area contributed by atoms with Crippen molar-refractivity contribution >= 4 is 5.91 Å². The number of piperidine rings is 2. The van der Waals surface area contributed by atoms with Crippen LogP contribution in [0, 0.1) is 5.92 Å². The van der Waals surface area contributed by atoms with E-state index in [0.717, 1.165) is 26.2 Å². The molecule has 2 rings (SSSR count). The standard InChI is InChI=1S/C14H27N3O2/c1-16-8-5-14(19,6-9-16)13(18)15-10-12-4-3-7-17(2)11-12/h12,19H,3-11H2,1-2H3,(H,15,18)/t12-/m1/s1. The third kappa shape index (κ3) is 3.91. The minimum Gasteiger partial charge on any atom is -0.380 e. The summed E-state index contributed by atoms with van der Waals surface area (Å²) in [7, 11) is 4.15. The SMILES string of the molecule is CN1CCC(O)(C(=O)NC[C@H]2CCCN(C)C2)CC1. The monoisotopic (exact) mass is 269 g/mol. The maximum Gasteiger partial charge on any atom is 0.252 e. The molecule has 2 aliphatic heterocycles. The highest BCUT2D eigenvalue weighted by Crippen LogP contribution is 2.22. The van der Waals surface area contributed by atoms with Crippen molar-refractivity contribution in [3.05, 3.63) is 0 Å². The van der Waals surface area contributed by atoms with Crippen molar-refractivity contribution in [1.29, 1.82) is 0 Å². The smallest absolute Gasteiger partial charge is 0.252 e. The number of hydrogen-bond acceptors (Lipinski definition) is 4. The molecule has 0 aliphatic carbocycles. The molecule has 1 amide bonds. The third-order valence-corrected chi connectivity index (χ3v) is 4.51. The van der Waals surface area contributed by atoms with Crippen molar-refractivity contribution in [3.8, 4) is 0 Å². The van der Waals surface area contributed by atoms with Crippen LogP contribution in [0.15, 0.2) is 0 Å². The molecular weight excluding hydrogens is 242 g/mol. The zero-order chi connectivity index (χ0) is 13.9. The van der Waals surface area contributed by atoms with Crippen LogP contribution in [0.5, 0.6) is 0 Å². The second kappa shape index (κ2) is 6.20. The van der Waals surface area contributed by atoms with E-state index in [2.05, 4.69) is 22.2 Å². The van der Waals surface area contributed by atoms with Crippen molar-refractivity contribution < 1.29 is 9.90 Å². The maximum absolute atomic E-state index is 12.2. The van der Waals surface area contributed by atoms with Gasteiger partial charge in [-0.25, -0.2) is 0 Å². The van der Waals surface area contributed by atoms with E-state index in [1.165, 1.54) is 12.8 Å². The summed E-state index contributed by atoms with van der Waals surface area (Å²) in [6.45, 7) is 4.47. The Morgan fingerprint density at radius 3 is 2.58 bits per heavy atom. The molecule has 0 aromatic carbocycles. The highest BCUT2D eigenvalue weighted by Gasteiger charge is 2.38. The van der Waals surface area contributed by atoms with Crippen molar-refractivity contribution in [2.45, 2.75) is 31.3 Å². The fourth-order valence-electron chi connectivity index (χ4n) is 3.06. The number of hydrogen-bond donors (Lipinski definition) is 2. The zero-order valence-corrected chi connectivity index (χ0v) is 12.2. The molecule has 2 N–H and O–H groups in total. The molecule has 19 heavy (non-hydrogen) atoms. The average molecular weight is 269 g/mol. The van der Waals surface area contributed by atoms with Gasteiger partial charge in [0.25, 0.3) is 5.91 Å². The molecule has 0 aromatic rings.